The maximum Gasteiger partial charge on any atom is 0.257 e. The summed E-state index contributed by atoms with van der Waals surface area (Å²) in [5.74, 6) is -1.02. The van der Waals surface area contributed by atoms with E-state index in [4.69, 9.17) is 4.98 Å². The SMILES string of the molecule is C#C.CC(F)(F)CNCc1ncc(-c2ccc(-c3ccc4c(c3)CCCc3[nH]c([C@@H]5CCCN5)nc3-4)cc2)[nH]1. The van der Waals surface area contributed by atoms with Crippen LogP contribution in [0.5, 0.6) is 0 Å². The van der Waals surface area contributed by atoms with Crippen LogP contribution >= 0.6 is 0 Å². The number of nitrogens with one attached hydrogen (secondary N) is 4. The number of nitrogens with zero attached hydrogens (tertiary/aromatic N) is 2. The molecule has 6 rings (SSSR count). The molecule has 1 atom stereocenters. The Hall–Kier alpha value is -3.80. The fourth-order valence-corrected chi connectivity index (χ4v) is 5.42. The Balaban J connectivity index is 0.00000151. The number of hydrogen-bond acceptors (Lipinski definition) is 4. The van der Waals surface area contributed by atoms with Gasteiger partial charge in [0.2, 0.25) is 0 Å². The van der Waals surface area contributed by atoms with Crippen molar-refractivity contribution in [2.45, 2.75) is 57.5 Å². The molecule has 1 fully saturated rings. The van der Waals surface area contributed by atoms with Crippen LogP contribution in [0.15, 0.2) is 48.7 Å². The number of alkyl halides is 2. The smallest absolute Gasteiger partial charge is 0.257 e. The summed E-state index contributed by atoms with van der Waals surface area (Å²) in [5.41, 5.74) is 9.19. The molecule has 0 saturated carbocycles. The Morgan fingerprint density at radius 2 is 1.77 bits per heavy atom. The molecule has 0 unspecified atom stereocenters. The third-order valence-corrected chi connectivity index (χ3v) is 7.31. The number of rotatable bonds is 7. The second-order valence-electron chi connectivity index (χ2n) is 10.3. The van der Waals surface area contributed by atoms with Crippen LogP contribution in [0.3, 0.4) is 0 Å². The fraction of sp³-hybridized carbons (Fsp3) is 0.355. The minimum absolute atomic E-state index is 0.271. The van der Waals surface area contributed by atoms with E-state index in [1.54, 1.807) is 6.20 Å². The number of fused-ring (bicyclic) bond motifs is 3. The Labute approximate surface area is 228 Å². The molecule has 0 bridgehead atoms. The molecule has 1 aliphatic carbocycles. The number of hydrogen-bond donors (Lipinski definition) is 4. The van der Waals surface area contributed by atoms with E-state index in [-0.39, 0.29) is 13.1 Å². The van der Waals surface area contributed by atoms with Crippen molar-refractivity contribution < 1.29 is 8.78 Å². The monoisotopic (exact) mass is 528 g/mol. The number of terminal acetylenes is 1. The lowest BCUT2D eigenvalue weighted by Gasteiger charge is -2.10. The summed E-state index contributed by atoms with van der Waals surface area (Å²) in [6.07, 6.45) is 15.3. The maximum absolute atomic E-state index is 13.0. The Morgan fingerprint density at radius 1 is 1.00 bits per heavy atom. The molecule has 0 radical (unpaired) electrons. The molecule has 6 nitrogen and oxygen atoms in total. The predicted molar refractivity (Wildman–Crippen MR) is 151 cm³/mol. The van der Waals surface area contributed by atoms with E-state index >= 15 is 0 Å². The Bertz CT molecular complexity index is 1420. The van der Waals surface area contributed by atoms with Crippen molar-refractivity contribution in [3.8, 4) is 46.5 Å². The van der Waals surface area contributed by atoms with Crippen LogP contribution in [0.2, 0.25) is 0 Å². The van der Waals surface area contributed by atoms with Crippen LogP contribution < -0.4 is 10.6 Å². The zero-order chi connectivity index (χ0) is 27.4. The van der Waals surface area contributed by atoms with E-state index < -0.39 is 5.92 Å². The summed E-state index contributed by atoms with van der Waals surface area (Å²) in [7, 11) is 0. The number of benzene rings is 2. The number of aryl methyl sites for hydroxylation is 2. The van der Waals surface area contributed by atoms with Crippen molar-refractivity contribution in [2.75, 3.05) is 13.1 Å². The van der Waals surface area contributed by atoms with E-state index in [1.807, 2.05) is 0 Å². The van der Waals surface area contributed by atoms with Gasteiger partial charge in [0, 0.05) is 18.2 Å². The van der Waals surface area contributed by atoms with Gasteiger partial charge in [0.05, 0.1) is 36.7 Å². The molecular weight excluding hydrogens is 494 g/mol. The predicted octanol–water partition coefficient (Wildman–Crippen LogP) is 6.04. The summed E-state index contributed by atoms with van der Waals surface area (Å²) in [6, 6.07) is 15.4. The molecule has 4 aromatic rings. The summed E-state index contributed by atoms with van der Waals surface area (Å²) in [4.78, 5) is 16.2. The molecule has 4 N–H and O–H groups in total. The minimum atomic E-state index is -2.74. The van der Waals surface area contributed by atoms with E-state index in [1.165, 1.54) is 28.8 Å². The number of aromatic nitrogens is 4. The third kappa shape index (κ3) is 6.11. The van der Waals surface area contributed by atoms with Gasteiger partial charge < -0.3 is 20.6 Å². The van der Waals surface area contributed by atoms with Crippen LogP contribution in [-0.4, -0.2) is 38.9 Å². The number of halogens is 2. The lowest BCUT2D eigenvalue weighted by Crippen LogP contribution is -2.29. The van der Waals surface area contributed by atoms with E-state index in [0.717, 1.165) is 67.5 Å². The van der Waals surface area contributed by atoms with Crippen LogP contribution in [0.4, 0.5) is 8.78 Å². The Kier molecular flexibility index (Phi) is 7.92. The highest BCUT2D eigenvalue weighted by Gasteiger charge is 2.24. The zero-order valence-electron chi connectivity index (χ0n) is 22.2. The van der Waals surface area contributed by atoms with Gasteiger partial charge in [0.15, 0.2) is 0 Å². The largest absolute Gasteiger partial charge is 0.344 e. The van der Waals surface area contributed by atoms with Gasteiger partial charge in [-0.3, -0.25) is 0 Å². The standard InChI is InChI=1S/C29H32F2N6.C2H2/c1-29(30,31)17-32-16-26-34-15-25(35-26)19-9-7-18(8-10-19)20-11-12-22-21(14-20)4-2-5-23-27(22)37-28(36-23)24-6-3-13-33-24;1-2/h7-12,14-15,24,32-33H,2-6,13,16-17H2,1H3,(H,34,35)(H,36,37);1-2H/t24-;/m0./s1. The normalized spacial score (nSPS) is 16.6. The molecule has 8 heteroatoms. The second-order valence-corrected chi connectivity index (χ2v) is 10.3. The van der Waals surface area contributed by atoms with E-state index in [9.17, 15) is 8.78 Å². The summed E-state index contributed by atoms with van der Waals surface area (Å²) in [5, 5.41) is 6.29. The van der Waals surface area contributed by atoms with Crippen LogP contribution in [0.25, 0.3) is 33.6 Å². The number of aromatic amines is 2. The lowest BCUT2D eigenvalue weighted by atomic mass is 9.95. The average Bonchev–Trinajstić information content (AvgIpc) is 3.70. The number of imidazole rings is 2. The van der Waals surface area contributed by atoms with Gasteiger partial charge >= 0.3 is 0 Å². The average molecular weight is 529 g/mol. The molecule has 1 aliphatic heterocycles. The quantitative estimate of drug-likeness (QED) is 0.221. The first kappa shape index (κ1) is 26.8. The summed E-state index contributed by atoms with van der Waals surface area (Å²) < 4.78 is 26.0. The molecule has 202 valence electrons. The Morgan fingerprint density at radius 3 is 2.51 bits per heavy atom. The molecule has 3 heterocycles. The van der Waals surface area contributed by atoms with Crippen LogP contribution in [-0.2, 0) is 19.4 Å². The van der Waals surface area contributed by atoms with Crippen molar-refractivity contribution in [1.82, 2.24) is 30.6 Å². The molecule has 1 saturated heterocycles. The highest BCUT2D eigenvalue weighted by molar-refractivity contribution is 5.75. The van der Waals surface area contributed by atoms with Crippen LogP contribution in [0, 0.1) is 12.8 Å². The minimum Gasteiger partial charge on any atom is -0.344 e. The van der Waals surface area contributed by atoms with E-state index in [2.05, 4.69) is 80.9 Å². The molecular formula is C31H34F2N6. The van der Waals surface area contributed by atoms with Gasteiger partial charge in [0.25, 0.3) is 5.92 Å². The van der Waals surface area contributed by atoms with Crippen LogP contribution in [0.1, 0.15) is 55.1 Å². The van der Waals surface area contributed by atoms with Gasteiger partial charge in [-0.05, 0) is 60.9 Å². The van der Waals surface area contributed by atoms with Gasteiger partial charge in [-0.2, -0.15) is 0 Å². The first-order chi connectivity index (χ1) is 18.9. The van der Waals surface area contributed by atoms with E-state index in [0.29, 0.717) is 11.9 Å². The summed E-state index contributed by atoms with van der Waals surface area (Å²) >= 11 is 0. The topological polar surface area (TPSA) is 81.4 Å². The van der Waals surface area contributed by atoms with Crippen molar-refractivity contribution in [3.05, 3.63) is 71.6 Å². The molecule has 2 aliphatic rings. The van der Waals surface area contributed by atoms with Crippen molar-refractivity contribution in [2.24, 2.45) is 0 Å². The summed E-state index contributed by atoms with van der Waals surface area (Å²) in [6.45, 7) is 1.86. The van der Waals surface area contributed by atoms with Gasteiger partial charge in [-0.25, -0.2) is 18.7 Å². The molecule has 39 heavy (non-hydrogen) atoms. The third-order valence-electron chi connectivity index (χ3n) is 7.31. The lowest BCUT2D eigenvalue weighted by molar-refractivity contribution is 0.0223. The maximum atomic E-state index is 13.0. The van der Waals surface area contributed by atoms with Gasteiger partial charge in [0.1, 0.15) is 11.6 Å². The van der Waals surface area contributed by atoms with Gasteiger partial charge in [-0.1, -0.05) is 42.5 Å². The first-order valence-corrected chi connectivity index (χ1v) is 13.4. The molecule has 0 spiro atoms. The number of H-pyrrole nitrogens is 2. The van der Waals surface area contributed by atoms with Crippen molar-refractivity contribution in [1.29, 1.82) is 0 Å². The molecule has 2 aromatic carbocycles. The molecule has 2 aromatic heterocycles. The fourth-order valence-electron chi connectivity index (χ4n) is 5.42. The first-order valence-electron chi connectivity index (χ1n) is 13.4. The second kappa shape index (κ2) is 11.5. The zero-order valence-corrected chi connectivity index (χ0v) is 22.2. The van der Waals surface area contributed by atoms with Crippen molar-refractivity contribution >= 4 is 0 Å². The highest BCUT2D eigenvalue weighted by atomic mass is 19.3. The highest BCUT2D eigenvalue weighted by Crippen LogP contribution is 2.36. The molecule has 0 amide bonds. The van der Waals surface area contributed by atoms with Gasteiger partial charge in [-0.15, -0.1) is 12.8 Å². The van der Waals surface area contributed by atoms with Crippen molar-refractivity contribution in [3.63, 3.8) is 0 Å².